The first-order valence-corrected chi connectivity index (χ1v) is 8.49. The van der Waals surface area contributed by atoms with E-state index in [4.69, 9.17) is 4.74 Å². The average Bonchev–Trinajstić information content (AvgIpc) is 2.67. The first kappa shape index (κ1) is 20.0. The van der Waals surface area contributed by atoms with E-state index in [0.717, 1.165) is 16.8 Å². The standard InChI is InChI=1S/C20H23N3O4/c1-13-4-5-14(2)17(12-13)21-18(24)10-11-19(25)22-23-20(26)15-6-8-16(27-3)9-7-15/h4-9,12H,10-11H2,1-3H3,(H,21,24)(H,22,25)(H,23,26). The molecule has 3 N–H and O–H groups in total. The SMILES string of the molecule is COc1ccc(C(=O)NNC(=O)CCC(=O)Nc2cc(C)ccc2C)cc1. The van der Waals surface area contributed by atoms with Crippen LogP contribution in [0.3, 0.4) is 0 Å². The zero-order valence-electron chi connectivity index (χ0n) is 15.6. The molecular formula is C20H23N3O4. The Hall–Kier alpha value is -3.35. The predicted molar refractivity (Wildman–Crippen MR) is 102 cm³/mol. The molecule has 0 saturated heterocycles. The summed E-state index contributed by atoms with van der Waals surface area (Å²) in [5, 5.41) is 2.79. The summed E-state index contributed by atoms with van der Waals surface area (Å²) in [4.78, 5) is 35.8. The van der Waals surface area contributed by atoms with E-state index in [1.54, 1.807) is 24.3 Å². The van der Waals surface area contributed by atoms with E-state index in [2.05, 4.69) is 16.2 Å². The highest BCUT2D eigenvalue weighted by Gasteiger charge is 2.11. The van der Waals surface area contributed by atoms with E-state index in [0.29, 0.717) is 11.3 Å². The third-order valence-corrected chi connectivity index (χ3v) is 3.91. The largest absolute Gasteiger partial charge is 0.497 e. The number of aryl methyl sites for hydroxylation is 2. The van der Waals surface area contributed by atoms with Crippen molar-refractivity contribution in [3.63, 3.8) is 0 Å². The van der Waals surface area contributed by atoms with Crippen molar-refractivity contribution >= 4 is 23.4 Å². The number of amides is 3. The van der Waals surface area contributed by atoms with E-state index >= 15 is 0 Å². The van der Waals surface area contributed by atoms with Crippen molar-refractivity contribution in [3.8, 4) is 5.75 Å². The molecule has 0 aliphatic carbocycles. The van der Waals surface area contributed by atoms with Crippen molar-refractivity contribution < 1.29 is 19.1 Å². The van der Waals surface area contributed by atoms with Crippen LogP contribution in [-0.4, -0.2) is 24.8 Å². The van der Waals surface area contributed by atoms with Crippen molar-refractivity contribution in [3.05, 3.63) is 59.2 Å². The van der Waals surface area contributed by atoms with Gasteiger partial charge in [0.1, 0.15) is 5.75 Å². The Morgan fingerprint density at radius 3 is 2.22 bits per heavy atom. The van der Waals surface area contributed by atoms with Crippen LogP contribution in [0.4, 0.5) is 5.69 Å². The van der Waals surface area contributed by atoms with Gasteiger partial charge in [0.05, 0.1) is 7.11 Å². The van der Waals surface area contributed by atoms with Gasteiger partial charge in [0.2, 0.25) is 11.8 Å². The van der Waals surface area contributed by atoms with Gasteiger partial charge in [-0.3, -0.25) is 25.2 Å². The molecule has 0 radical (unpaired) electrons. The second-order valence-electron chi connectivity index (χ2n) is 6.10. The first-order chi connectivity index (χ1) is 12.9. The summed E-state index contributed by atoms with van der Waals surface area (Å²) in [5.41, 5.74) is 7.71. The number of carbonyl (C=O) groups excluding carboxylic acids is 3. The molecule has 0 unspecified atom stereocenters. The van der Waals surface area contributed by atoms with Crippen molar-refractivity contribution in [2.45, 2.75) is 26.7 Å². The van der Waals surface area contributed by atoms with Crippen LogP contribution in [0.15, 0.2) is 42.5 Å². The first-order valence-electron chi connectivity index (χ1n) is 8.49. The lowest BCUT2D eigenvalue weighted by Crippen LogP contribution is -2.41. The molecule has 0 heterocycles. The Morgan fingerprint density at radius 1 is 0.889 bits per heavy atom. The number of hydrogen-bond acceptors (Lipinski definition) is 4. The van der Waals surface area contributed by atoms with Crippen LogP contribution in [0.2, 0.25) is 0 Å². The number of hydrogen-bond donors (Lipinski definition) is 3. The van der Waals surface area contributed by atoms with Gasteiger partial charge >= 0.3 is 0 Å². The highest BCUT2D eigenvalue weighted by molar-refractivity contribution is 5.96. The van der Waals surface area contributed by atoms with Gasteiger partial charge in [-0.15, -0.1) is 0 Å². The van der Waals surface area contributed by atoms with E-state index < -0.39 is 11.8 Å². The fourth-order valence-corrected chi connectivity index (χ4v) is 2.31. The van der Waals surface area contributed by atoms with E-state index in [9.17, 15) is 14.4 Å². The van der Waals surface area contributed by atoms with Gasteiger partial charge in [-0.05, 0) is 55.3 Å². The van der Waals surface area contributed by atoms with Crippen molar-refractivity contribution in [2.24, 2.45) is 0 Å². The molecular weight excluding hydrogens is 346 g/mol. The predicted octanol–water partition coefficient (Wildman–Crippen LogP) is 2.49. The van der Waals surface area contributed by atoms with Gasteiger partial charge in [-0.2, -0.15) is 0 Å². The number of nitrogens with one attached hydrogen (secondary N) is 3. The van der Waals surface area contributed by atoms with Crippen LogP contribution in [0, 0.1) is 13.8 Å². The molecule has 0 aliphatic heterocycles. The molecule has 27 heavy (non-hydrogen) atoms. The highest BCUT2D eigenvalue weighted by Crippen LogP contribution is 2.16. The number of anilines is 1. The fraction of sp³-hybridized carbons (Fsp3) is 0.250. The molecule has 2 aromatic rings. The summed E-state index contributed by atoms with van der Waals surface area (Å²) in [6, 6.07) is 12.2. The minimum Gasteiger partial charge on any atom is -0.497 e. The Morgan fingerprint density at radius 2 is 1.56 bits per heavy atom. The minimum absolute atomic E-state index is 0.0115. The maximum absolute atomic E-state index is 12.0. The molecule has 2 rings (SSSR count). The van der Waals surface area contributed by atoms with Gasteiger partial charge in [0.15, 0.2) is 0 Å². The van der Waals surface area contributed by atoms with E-state index in [1.165, 1.54) is 7.11 Å². The lowest BCUT2D eigenvalue weighted by Gasteiger charge is -2.10. The third-order valence-electron chi connectivity index (χ3n) is 3.91. The fourth-order valence-electron chi connectivity index (χ4n) is 2.31. The summed E-state index contributed by atoms with van der Waals surface area (Å²) in [7, 11) is 1.53. The smallest absolute Gasteiger partial charge is 0.269 e. The molecule has 0 aromatic heterocycles. The number of methoxy groups -OCH3 is 1. The number of benzene rings is 2. The monoisotopic (exact) mass is 369 g/mol. The van der Waals surface area contributed by atoms with Gasteiger partial charge in [0.25, 0.3) is 5.91 Å². The zero-order valence-corrected chi connectivity index (χ0v) is 15.6. The molecule has 2 aromatic carbocycles. The summed E-state index contributed by atoms with van der Waals surface area (Å²) in [6.45, 7) is 3.84. The Bertz CT molecular complexity index is 832. The number of ether oxygens (including phenoxy) is 1. The van der Waals surface area contributed by atoms with Crippen molar-refractivity contribution in [1.82, 2.24) is 10.9 Å². The second kappa shape index (κ2) is 9.38. The maximum atomic E-state index is 12.0. The molecule has 0 saturated carbocycles. The Kier molecular flexibility index (Phi) is 6.93. The van der Waals surface area contributed by atoms with Crippen LogP contribution in [0.1, 0.15) is 34.3 Å². The van der Waals surface area contributed by atoms with Crippen LogP contribution < -0.4 is 20.9 Å². The summed E-state index contributed by atoms with van der Waals surface area (Å²) in [6.07, 6.45) is -0.0305. The van der Waals surface area contributed by atoms with E-state index in [1.807, 2.05) is 32.0 Å². The van der Waals surface area contributed by atoms with Crippen LogP contribution in [0.5, 0.6) is 5.75 Å². The van der Waals surface area contributed by atoms with Crippen LogP contribution in [0.25, 0.3) is 0 Å². The quantitative estimate of drug-likeness (QED) is 0.682. The van der Waals surface area contributed by atoms with Gasteiger partial charge < -0.3 is 10.1 Å². The number of carbonyl (C=O) groups is 3. The van der Waals surface area contributed by atoms with Gasteiger partial charge in [-0.25, -0.2) is 0 Å². The molecule has 7 nitrogen and oxygen atoms in total. The molecule has 0 aliphatic rings. The topological polar surface area (TPSA) is 96.5 Å². The third kappa shape index (κ3) is 6.14. The lowest BCUT2D eigenvalue weighted by atomic mass is 10.1. The second-order valence-corrected chi connectivity index (χ2v) is 6.10. The molecule has 0 bridgehead atoms. The Balaban J connectivity index is 1.75. The molecule has 3 amide bonds. The summed E-state index contributed by atoms with van der Waals surface area (Å²) in [5.74, 6) is -0.537. The molecule has 0 spiro atoms. The van der Waals surface area contributed by atoms with E-state index in [-0.39, 0.29) is 18.7 Å². The van der Waals surface area contributed by atoms with Crippen molar-refractivity contribution in [1.29, 1.82) is 0 Å². The summed E-state index contributed by atoms with van der Waals surface area (Å²) < 4.78 is 5.02. The van der Waals surface area contributed by atoms with Gasteiger partial charge in [0, 0.05) is 24.1 Å². The average molecular weight is 369 g/mol. The summed E-state index contributed by atoms with van der Waals surface area (Å²) >= 11 is 0. The van der Waals surface area contributed by atoms with Crippen LogP contribution >= 0.6 is 0 Å². The zero-order chi connectivity index (χ0) is 19.8. The lowest BCUT2D eigenvalue weighted by molar-refractivity contribution is -0.124. The molecule has 142 valence electrons. The minimum atomic E-state index is -0.453. The normalized spacial score (nSPS) is 10.0. The van der Waals surface area contributed by atoms with Gasteiger partial charge in [-0.1, -0.05) is 12.1 Å². The number of hydrazine groups is 1. The van der Waals surface area contributed by atoms with Crippen molar-refractivity contribution in [2.75, 3.05) is 12.4 Å². The molecule has 0 fully saturated rings. The molecule has 7 heteroatoms. The number of rotatable bonds is 6. The molecule has 0 atom stereocenters. The Labute approximate surface area is 158 Å². The van der Waals surface area contributed by atoms with Crippen LogP contribution in [-0.2, 0) is 9.59 Å². The highest BCUT2D eigenvalue weighted by atomic mass is 16.5. The maximum Gasteiger partial charge on any atom is 0.269 e.